The Morgan fingerprint density at radius 1 is 0.946 bits per heavy atom. The highest BCUT2D eigenvalue weighted by atomic mass is 16.5. The summed E-state index contributed by atoms with van der Waals surface area (Å²) in [4.78, 5) is 17.5. The van der Waals surface area contributed by atoms with Crippen LogP contribution in [-0.2, 0) is 4.79 Å². The molecular formula is C31H32N2O4. The van der Waals surface area contributed by atoms with Gasteiger partial charge < -0.3 is 23.7 Å². The summed E-state index contributed by atoms with van der Waals surface area (Å²) in [6, 6.07) is 20.3. The second-order valence-corrected chi connectivity index (χ2v) is 9.32. The fraction of sp³-hybridized carbons (Fsp3) is 0.258. The smallest absolute Gasteiger partial charge is 0.246 e. The molecule has 1 amide bonds. The maximum absolute atomic E-state index is 13.2. The number of fused-ring (bicyclic) bond motifs is 1. The molecule has 0 radical (unpaired) electrons. The van der Waals surface area contributed by atoms with Crippen molar-refractivity contribution in [3.05, 3.63) is 84.1 Å². The Balaban J connectivity index is 1.43. The minimum atomic E-state index is 0.0187. The molecule has 1 saturated heterocycles. The number of furan rings is 1. The van der Waals surface area contributed by atoms with Crippen molar-refractivity contribution >= 4 is 28.1 Å². The molecule has 4 aromatic rings. The lowest BCUT2D eigenvalue weighted by molar-refractivity contribution is -0.126. The third-order valence-electron chi connectivity index (χ3n) is 7.11. The van der Waals surface area contributed by atoms with Gasteiger partial charge in [0.2, 0.25) is 5.91 Å². The van der Waals surface area contributed by atoms with Crippen molar-refractivity contribution in [2.24, 2.45) is 0 Å². The summed E-state index contributed by atoms with van der Waals surface area (Å²) in [5, 5.41) is 0.971. The van der Waals surface area contributed by atoms with E-state index in [9.17, 15) is 4.79 Å². The average molecular weight is 497 g/mol. The highest BCUT2D eigenvalue weighted by Gasteiger charge is 2.22. The molecule has 0 N–H and O–H groups in total. The number of amides is 1. The lowest BCUT2D eigenvalue weighted by atomic mass is 9.96. The van der Waals surface area contributed by atoms with Gasteiger partial charge in [0, 0.05) is 60.0 Å². The molecule has 0 spiro atoms. The van der Waals surface area contributed by atoms with Gasteiger partial charge in [-0.3, -0.25) is 4.79 Å². The molecule has 6 heteroatoms. The number of benzene rings is 3. The first-order valence-corrected chi connectivity index (χ1v) is 12.5. The summed E-state index contributed by atoms with van der Waals surface area (Å²) in [7, 11) is 3.31. The Bertz CT molecular complexity index is 1450. The number of hydrogen-bond acceptors (Lipinski definition) is 5. The quantitative estimate of drug-likeness (QED) is 0.299. The third-order valence-corrected chi connectivity index (χ3v) is 7.11. The molecule has 0 atom stereocenters. The van der Waals surface area contributed by atoms with Gasteiger partial charge in [0.1, 0.15) is 17.1 Å². The fourth-order valence-corrected chi connectivity index (χ4v) is 5.06. The number of para-hydroxylation sites is 1. The maximum atomic E-state index is 13.2. The Morgan fingerprint density at radius 3 is 2.41 bits per heavy atom. The van der Waals surface area contributed by atoms with E-state index in [1.54, 1.807) is 26.6 Å². The number of carbonyl (C=O) groups is 1. The Morgan fingerprint density at radius 2 is 1.70 bits per heavy atom. The minimum Gasteiger partial charge on any atom is -0.497 e. The van der Waals surface area contributed by atoms with Crippen LogP contribution in [-0.4, -0.2) is 51.2 Å². The number of aryl methyl sites for hydroxylation is 1. The van der Waals surface area contributed by atoms with Crippen molar-refractivity contribution in [1.82, 2.24) is 4.90 Å². The number of carbonyl (C=O) groups excluding carboxylic acids is 1. The van der Waals surface area contributed by atoms with E-state index in [4.69, 9.17) is 13.9 Å². The van der Waals surface area contributed by atoms with Crippen LogP contribution in [0.5, 0.6) is 11.5 Å². The summed E-state index contributed by atoms with van der Waals surface area (Å²) in [6.45, 7) is 6.96. The van der Waals surface area contributed by atoms with Crippen LogP contribution in [0.25, 0.3) is 27.7 Å². The van der Waals surface area contributed by atoms with Crippen molar-refractivity contribution in [3.63, 3.8) is 0 Å². The predicted octanol–water partition coefficient (Wildman–Crippen LogP) is 6.18. The molecular weight excluding hydrogens is 464 g/mol. The van der Waals surface area contributed by atoms with Crippen LogP contribution >= 0.6 is 0 Å². The lowest BCUT2D eigenvalue weighted by Crippen LogP contribution is -2.48. The molecule has 6 nitrogen and oxygen atoms in total. The zero-order valence-electron chi connectivity index (χ0n) is 21.8. The van der Waals surface area contributed by atoms with E-state index >= 15 is 0 Å². The third kappa shape index (κ3) is 4.79. The minimum absolute atomic E-state index is 0.0187. The molecule has 3 aromatic carbocycles. The van der Waals surface area contributed by atoms with E-state index in [1.807, 2.05) is 61.2 Å². The first kappa shape index (κ1) is 24.5. The zero-order chi connectivity index (χ0) is 25.9. The summed E-state index contributed by atoms with van der Waals surface area (Å²) in [5.41, 5.74) is 6.58. The van der Waals surface area contributed by atoms with Crippen molar-refractivity contribution in [2.45, 2.75) is 13.8 Å². The van der Waals surface area contributed by atoms with Gasteiger partial charge in [0.25, 0.3) is 0 Å². The van der Waals surface area contributed by atoms with Crippen LogP contribution in [0.2, 0.25) is 0 Å². The van der Waals surface area contributed by atoms with Crippen LogP contribution < -0.4 is 14.4 Å². The van der Waals surface area contributed by atoms with Gasteiger partial charge in [0.05, 0.1) is 20.5 Å². The van der Waals surface area contributed by atoms with Crippen LogP contribution in [0.4, 0.5) is 5.69 Å². The van der Waals surface area contributed by atoms with Crippen LogP contribution in [0.15, 0.2) is 77.4 Å². The van der Waals surface area contributed by atoms with Gasteiger partial charge in [-0.1, -0.05) is 30.3 Å². The normalized spacial score (nSPS) is 14.2. The molecule has 1 aliphatic rings. The van der Waals surface area contributed by atoms with E-state index in [2.05, 4.69) is 23.1 Å². The number of piperazine rings is 1. The monoisotopic (exact) mass is 496 g/mol. The number of hydrogen-bond donors (Lipinski definition) is 0. The number of rotatable bonds is 6. The summed E-state index contributed by atoms with van der Waals surface area (Å²) in [6.07, 6.45) is 3.50. The Kier molecular flexibility index (Phi) is 6.91. The fourth-order valence-electron chi connectivity index (χ4n) is 5.06. The molecule has 1 aliphatic heterocycles. The second-order valence-electron chi connectivity index (χ2n) is 9.32. The van der Waals surface area contributed by atoms with E-state index in [1.165, 1.54) is 5.69 Å². The summed E-state index contributed by atoms with van der Waals surface area (Å²) < 4.78 is 17.2. The van der Waals surface area contributed by atoms with Gasteiger partial charge in [-0.25, -0.2) is 0 Å². The van der Waals surface area contributed by atoms with Crippen LogP contribution in [0, 0.1) is 6.92 Å². The van der Waals surface area contributed by atoms with Gasteiger partial charge >= 0.3 is 0 Å². The highest BCUT2D eigenvalue weighted by molar-refractivity contribution is 6.01. The molecule has 0 bridgehead atoms. The van der Waals surface area contributed by atoms with E-state index in [0.717, 1.165) is 63.4 Å². The molecule has 2 heterocycles. The SMILES string of the molecule is COc1cccc(-c2coc3c(C)c(OC)c(/C(C)=C/C(=O)N4CCN(c5ccccc5)CC4)cc23)c1. The van der Waals surface area contributed by atoms with Gasteiger partial charge in [-0.2, -0.15) is 0 Å². The lowest BCUT2D eigenvalue weighted by Gasteiger charge is -2.35. The van der Waals surface area contributed by atoms with Crippen molar-refractivity contribution in [1.29, 1.82) is 0 Å². The average Bonchev–Trinajstić information content (AvgIpc) is 3.38. The number of nitrogens with zero attached hydrogens (tertiary/aromatic N) is 2. The molecule has 1 fully saturated rings. The topological polar surface area (TPSA) is 55.2 Å². The maximum Gasteiger partial charge on any atom is 0.246 e. The highest BCUT2D eigenvalue weighted by Crippen LogP contribution is 2.41. The first-order chi connectivity index (χ1) is 18.0. The molecule has 0 aliphatic carbocycles. The molecule has 1 aromatic heterocycles. The second kappa shape index (κ2) is 10.4. The molecule has 37 heavy (non-hydrogen) atoms. The van der Waals surface area contributed by atoms with Gasteiger partial charge in [-0.15, -0.1) is 0 Å². The Labute approximate surface area is 217 Å². The predicted molar refractivity (Wildman–Crippen MR) is 148 cm³/mol. The molecule has 5 rings (SSSR count). The van der Waals surface area contributed by atoms with Crippen molar-refractivity contribution < 1.29 is 18.7 Å². The van der Waals surface area contributed by atoms with Crippen molar-refractivity contribution in [2.75, 3.05) is 45.3 Å². The van der Waals surface area contributed by atoms with Gasteiger partial charge in [0.15, 0.2) is 0 Å². The molecule has 190 valence electrons. The van der Waals surface area contributed by atoms with Gasteiger partial charge in [-0.05, 0) is 55.3 Å². The van der Waals surface area contributed by atoms with Crippen LogP contribution in [0.1, 0.15) is 18.1 Å². The summed E-state index contributed by atoms with van der Waals surface area (Å²) in [5.74, 6) is 1.52. The molecule has 0 saturated carbocycles. The first-order valence-electron chi connectivity index (χ1n) is 12.5. The van der Waals surface area contributed by atoms with Crippen LogP contribution in [0.3, 0.4) is 0 Å². The number of ether oxygens (including phenoxy) is 2. The number of methoxy groups -OCH3 is 2. The summed E-state index contributed by atoms with van der Waals surface area (Å²) >= 11 is 0. The standard InChI is InChI=1S/C31H32N2O4/c1-21(17-29(34)33-15-13-32(14-16-33)24-10-6-5-7-11-24)26-19-27-28(23-9-8-12-25(18-23)35-3)20-37-31(27)22(2)30(26)36-4/h5-12,17-20H,13-16H2,1-4H3/b21-17+. The van der Waals surface area contributed by atoms with E-state index in [0.29, 0.717) is 13.1 Å². The molecule has 0 unspecified atom stereocenters. The number of anilines is 1. The zero-order valence-corrected chi connectivity index (χ0v) is 21.8. The number of allylic oxidation sites excluding steroid dienone is 1. The van der Waals surface area contributed by atoms with E-state index < -0.39 is 0 Å². The largest absolute Gasteiger partial charge is 0.497 e. The van der Waals surface area contributed by atoms with Crippen molar-refractivity contribution in [3.8, 4) is 22.6 Å². The Hall–Kier alpha value is -4.19. The van der Waals surface area contributed by atoms with E-state index in [-0.39, 0.29) is 5.91 Å².